The van der Waals surface area contributed by atoms with Gasteiger partial charge in [0.2, 0.25) is 11.8 Å². The van der Waals surface area contributed by atoms with Gasteiger partial charge in [-0.25, -0.2) is 14.0 Å². The van der Waals surface area contributed by atoms with Crippen molar-refractivity contribution in [2.75, 3.05) is 10.6 Å². The standard InChI is InChI=1S/C20H15Cl2NO3S.C20H15ClFNO3S/c2*21-14-7-5-13(6-8-14)16-11-27-19(18(16)20(25)26)23-17(24)9-4-12-2-1-3-15(22)10-12/h2*1-3,5-8,10-11H,4,9H2,(H,23,24)(H,25,26). The fraction of sp³-hybridized carbons (Fsp3) is 0.100. The Morgan fingerprint density at radius 3 is 1.41 bits per heavy atom. The molecule has 0 aliphatic rings. The molecule has 0 radical (unpaired) electrons. The number of halogens is 4. The monoisotopic (exact) mass is 822 g/mol. The topological polar surface area (TPSA) is 133 Å². The fourth-order valence-electron chi connectivity index (χ4n) is 5.29. The van der Waals surface area contributed by atoms with E-state index in [1.165, 1.54) is 23.5 Å². The molecule has 4 aromatic carbocycles. The Morgan fingerprint density at radius 1 is 0.574 bits per heavy atom. The minimum atomic E-state index is -1.12. The van der Waals surface area contributed by atoms with Crippen LogP contribution in [0.5, 0.6) is 0 Å². The third-order valence-electron chi connectivity index (χ3n) is 7.89. The van der Waals surface area contributed by atoms with E-state index in [2.05, 4.69) is 10.6 Å². The number of aromatic carboxylic acids is 2. The summed E-state index contributed by atoms with van der Waals surface area (Å²) in [6.07, 6.45) is 1.23. The zero-order chi connectivity index (χ0) is 38.8. The van der Waals surface area contributed by atoms with E-state index in [-0.39, 0.29) is 46.6 Å². The van der Waals surface area contributed by atoms with Crippen LogP contribution in [0.2, 0.25) is 15.1 Å². The molecular weight excluding hydrogens is 794 g/mol. The molecule has 276 valence electrons. The summed E-state index contributed by atoms with van der Waals surface area (Å²) in [4.78, 5) is 48.0. The first-order chi connectivity index (χ1) is 25.9. The smallest absolute Gasteiger partial charge is 0.339 e. The van der Waals surface area contributed by atoms with E-state index in [0.29, 0.717) is 55.2 Å². The van der Waals surface area contributed by atoms with Crippen LogP contribution in [-0.4, -0.2) is 34.0 Å². The Bertz CT molecular complexity index is 2130. The summed E-state index contributed by atoms with van der Waals surface area (Å²) < 4.78 is 13.2. The SMILES string of the molecule is O=C(CCc1cccc(Cl)c1)Nc1scc(-c2ccc(Cl)cc2)c1C(=O)O.O=C(CCc1cccc(F)c1)Nc1scc(-c2ccc(Cl)cc2)c1C(=O)O. The number of hydrogen-bond donors (Lipinski definition) is 4. The summed E-state index contributed by atoms with van der Waals surface area (Å²) in [7, 11) is 0. The van der Waals surface area contributed by atoms with E-state index in [9.17, 15) is 33.8 Å². The van der Waals surface area contributed by atoms with Gasteiger partial charge in [-0.2, -0.15) is 0 Å². The normalized spacial score (nSPS) is 10.6. The van der Waals surface area contributed by atoms with Crippen LogP contribution in [0.25, 0.3) is 22.3 Å². The van der Waals surface area contributed by atoms with Crippen molar-refractivity contribution in [1.82, 2.24) is 0 Å². The molecule has 0 fully saturated rings. The number of aryl methyl sites for hydroxylation is 2. The van der Waals surface area contributed by atoms with E-state index in [0.717, 1.165) is 22.5 Å². The highest BCUT2D eigenvalue weighted by Gasteiger charge is 2.22. The van der Waals surface area contributed by atoms with Crippen LogP contribution in [0.1, 0.15) is 44.7 Å². The maximum Gasteiger partial charge on any atom is 0.339 e. The maximum absolute atomic E-state index is 13.2. The Labute approximate surface area is 332 Å². The predicted molar refractivity (Wildman–Crippen MR) is 215 cm³/mol. The van der Waals surface area contributed by atoms with Gasteiger partial charge in [0.1, 0.15) is 26.9 Å². The van der Waals surface area contributed by atoms with Gasteiger partial charge < -0.3 is 20.8 Å². The second-order valence-electron chi connectivity index (χ2n) is 11.7. The molecule has 0 atom stereocenters. The van der Waals surface area contributed by atoms with Gasteiger partial charge in [-0.05, 0) is 83.6 Å². The minimum Gasteiger partial charge on any atom is -0.478 e. The number of carboxylic acids is 2. The van der Waals surface area contributed by atoms with Crippen molar-refractivity contribution in [2.45, 2.75) is 25.7 Å². The summed E-state index contributed by atoms with van der Waals surface area (Å²) in [5, 5.41) is 30.3. The van der Waals surface area contributed by atoms with E-state index in [1.54, 1.807) is 83.6 Å². The maximum atomic E-state index is 13.2. The van der Waals surface area contributed by atoms with Crippen molar-refractivity contribution in [3.8, 4) is 22.3 Å². The molecule has 2 heterocycles. The summed E-state index contributed by atoms with van der Waals surface area (Å²) in [6, 6.07) is 27.1. The molecule has 0 aliphatic carbocycles. The molecule has 6 rings (SSSR count). The number of anilines is 2. The van der Waals surface area contributed by atoms with Gasteiger partial charge in [-0.1, -0.05) is 83.3 Å². The van der Waals surface area contributed by atoms with E-state index in [4.69, 9.17) is 34.8 Å². The molecule has 8 nitrogen and oxygen atoms in total. The second-order valence-corrected chi connectivity index (χ2v) is 14.8. The first kappa shape index (κ1) is 40.2. The van der Waals surface area contributed by atoms with Crippen molar-refractivity contribution >= 4 is 91.2 Å². The lowest BCUT2D eigenvalue weighted by Crippen LogP contribution is -2.14. The largest absolute Gasteiger partial charge is 0.478 e. The number of carbonyl (C=O) groups excluding carboxylic acids is 2. The van der Waals surface area contributed by atoms with Crippen LogP contribution in [0.3, 0.4) is 0 Å². The number of rotatable bonds is 12. The zero-order valence-corrected chi connectivity index (χ0v) is 32.0. The molecule has 0 saturated heterocycles. The zero-order valence-electron chi connectivity index (χ0n) is 28.1. The predicted octanol–water partition coefficient (Wildman–Crippen LogP) is 11.5. The molecule has 2 amide bonds. The number of carbonyl (C=O) groups is 4. The Hall–Kier alpha value is -5.04. The lowest BCUT2D eigenvalue weighted by atomic mass is 10.0. The Morgan fingerprint density at radius 2 is 1.00 bits per heavy atom. The minimum absolute atomic E-state index is 0.0430. The first-order valence-corrected chi connectivity index (χ1v) is 19.1. The van der Waals surface area contributed by atoms with Crippen molar-refractivity contribution in [3.05, 3.63) is 151 Å². The number of amides is 2. The molecule has 0 aliphatic heterocycles. The highest BCUT2D eigenvalue weighted by Crippen LogP contribution is 2.37. The van der Waals surface area contributed by atoms with Gasteiger partial charge in [0.05, 0.1) is 0 Å². The van der Waals surface area contributed by atoms with Gasteiger partial charge in [-0.15, -0.1) is 22.7 Å². The molecule has 14 heteroatoms. The second kappa shape index (κ2) is 18.8. The number of benzene rings is 4. The molecule has 0 unspecified atom stereocenters. The number of carboxylic acid groups (broad SMARTS) is 2. The Kier molecular flexibility index (Phi) is 14.0. The summed E-state index contributed by atoms with van der Waals surface area (Å²) in [6.45, 7) is 0. The molecule has 0 saturated carbocycles. The van der Waals surface area contributed by atoms with Gasteiger partial charge in [0.15, 0.2) is 0 Å². The van der Waals surface area contributed by atoms with E-state index < -0.39 is 11.9 Å². The van der Waals surface area contributed by atoms with Gasteiger partial charge in [-0.3, -0.25) is 9.59 Å². The summed E-state index contributed by atoms with van der Waals surface area (Å²) in [5.41, 5.74) is 4.28. The lowest BCUT2D eigenvalue weighted by Gasteiger charge is -2.07. The molecule has 4 N–H and O–H groups in total. The van der Waals surface area contributed by atoms with Crippen molar-refractivity contribution < 1.29 is 33.8 Å². The average molecular weight is 824 g/mol. The van der Waals surface area contributed by atoms with Crippen LogP contribution in [-0.2, 0) is 22.4 Å². The lowest BCUT2D eigenvalue weighted by molar-refractivity contribution is -0.117. The van der Waals surface area contributed by atoms with Crippen LogP contribution < -0.4 is 10.6 Å². The average Bonchev–Trinajstić information content (AvgIpc) is 3.75. The van der Waals surface area contributed by atoms with E-state index >= 15 is 0 Å². The van der Waals surface area contributed by atoms with Crippen LogP contribution in [0.15, 0.2) is 108 Å². The molecule has 0 spiro atoms. The Balaban J connectivity index is 0.000000208. The number of thiophene rings is 2. The summed E-state index contributed by atoms with van der Waals surface area (Å²) in [5.74, 6) is -3.15. The molecule has 6 aromatic rings. The number of hydrogen-bond acceptors (Lipinski definition) is 6. The molecule has 54 heavy (non-hydrogen) atoms. The van der Waals surface area contributed by atoms with Crippen LogP contribution >= 0.6 is 57.5 Å². The number of nitrogens with one attached hydrogen (secondary N) is 2. The van der Waals surface area contributed by atoms with Crippen molar-refractivity contribution in [1.29, 1.82) is 0 Å². The van der Waals surface area contributed by atoms with Crippen LogP contribution in [0.4, 0.5) is 14.4 Å². The first-order valence-electron chi connectivity index (χ1n) is 16.2. The van der Waals surface area contributed by atoms with Crippen LogP contribution in [0, 0.1) is 5.82 Å². The third kappa shape index (κ3) is 11.0. The third-order valence-corrected chi connectivity index (χ3v) is 10.4. The van der Waals surface area contributed by atoms with Gasteiger partial charge >= 0.3 is 11.9 Å². The van der Waals surface area contributed by atoms with Gasteiger partial charge in [0, 0.05) is 49.8 Å². The molecule has 2 aromatic heterocycles. The fourth-order valence-corrected chi connectivity index (χ4v) is 7.71. The highest BCUT2D eigenvalue weighted by molar-refractivity contribution is 7.15. The summed E-state index contributed by atoms with van der Waals surface area (Å²) >= 11 is 20.1. The molecular formula is C40H30Cl3FN2O6S2. The quantitative estimate of drug-likeness (QED) is 0.0971. The van der Waals surface area contributed by atoms with Gasteiger partial charge in [0.25, 0.3) is 0 Å². The van der Waals surface area contributed by atoms with Crippen molar-refractivity contribution in [3.63, 3.8) is 0 Å². The highest BCUT2D eigenvalue weighted by atomic mass is 35.5. The van der Waals surface area contributed by atoms with Crippen molar-refractivity contribution in [2.24, 2.45) is 0 Å². The molecule has 0 bridgehead atoms. The van der Waals surface area contributed by atoms with E-state index in [1.807, 2.05) is 12.1 Å².